The van der Waals surface area contributed by atoms with Crippen LogP contribution in [0.3, 0.4) is 0 Å². The summed E-state index contributed by atoms with van der Waals surface area (Å²) >= 11 is 8.08. The van der Waals surface area contributed by atoms with Crippen LogP contribution < -0.4 is 5.73 Å². The number of halogens is 2. The lowest BCUT2D eigenvalue weighted by Crippen LogP contribution is -2.32. The standard InChI is InChI=1S/C9H9ClINO2/c10-8-5(2-1-3-6(8)11)4-7(12)9(13)14/h1-3,7H,4,12H2,(H,13,14)/t7-/m1/s1. The summed E-state index contributed by atoms with van der Waals surface area (Å²) in [5.41, 5.74) is 6.18. The molecule has 0 saturated carbocycles. The Labute approximate surface area is 100 Å². The molecule has 3 nitrogen and oxygen atoms in total. The lowest BCUT2D eigenvalue weighted by molar-refractivity contribution is -0.138. The molecule has 14 heavy (non-hydrogen) atoms. The third-order valence-electron chi connectivity index (χ3n) is 1.79. The number of benzene rings is 1. The molecule has 1 aromatic carbocycles. The topological polar surface area (TPSA) is 63.3 Å². The molecule has 0 unspecified atom stereocenters. The normalized spacial score (nSPS) is 12.5. The predicted octanol–water partition coefficient (Wildman–Crippen LogP) is 1.90. The van der Waals surface area contributed by atoms with E-state index in [4.69, 9.17) is 22.4 Å². The van der Waals surface area contributed by atoms with Gasteiger partial charge in [0.05, 0.1) is 5.02 Å². The average molecular weight is 326 g/mol. The maximum Gasteiger partial charge on any atom is 0.320 e. The van der Waals surface area contributed by atoms with Crippen LogP contribution in [0.15, 0.2) is 18.2 Å². The molecule has 0 amide bonds. The Bertz CT molecular complexity index is 357. The molecule has 0 bridgehead atoms. The zero-order valence-corrected chi connectivity index (χ0v) is 10.1. The fourth-order valence-electron chi connectivity index (χ4n) is 1.03. The summed E-state index contributed by atoms with van der Waals surface area (Å²) in [7, 11) is 0. The first-order valence-corrected chi connectivity index (χ1v) is 5.39. The zero-order valence-electron chi connectivity index (χ0n) is 7.21. The Morgan fingerprint density at radius 3 is 2.86 bits per heavy atom. The van der Waals surface area contributed by atoms with Crippen LogP contribution in [0.1, 0.15) is 5.56 Å². The molecule has 5 heteroatoms. The maximum absolute atomic E-state index is 10.5. The smallest absolute Gasteiger partial charge is 0.320 e. The van der Waals surface area contributed by atoms with Crippen molar-refractivity contribution in [2.24, 2.45) is 5.73 Å². The number of carboxylic acid groups (broad SMARTS) is 1. The first-order chi connectivity index (χ1) is 6.52. The van der Waals surface area contributed by atoms with E-state index >= 15 is 0 Å². The quantitative estimate of drug-likeness (QED) is 0.834. The van der Waals surface area contributed by atoms with Crippen molar-refractivity contribution in [2.45, 2.75) is 12.5 Å². The summed E-state index contributed by atoms with van der Waals surface area (Å²) in [6.07, 6.45) is 0.255. The Balaban J connectivity index is 2.87. The first-order valence-electron chi connectivity index (χ1n) is 3.93. The molecule has 0 fully saturated rings. The Morgan fingerprint density at radius 2 is 2.29 bits per heavy atom. The highest BCUT2D eigenvalue weighted by atomic mass is 127. The van der Waals surface area contributed by atoms with E-state index in [1.807, 2.05) is 12.1 Å². The summed E-state index contributed by atoms with van der Waals surface area (Å²) in [4.78, 5) is 10.5. The van der Waals surface area contributed by atoms with Gasteiger partial charge < -0.3 is 10.8 Å². The Hall–Kier alpha value is -0.330. The van der Waals surface area contributed by atoms with Gasteiger partial charge in [0.2, 0.25) is 0 Å². The number of rotatable bonds is 3. The van der Waals surface area contributed by atoms with E-state index in [1.165, 1.54) is 0 Å². The number of hydrogen-bond acceptors (Lipinski definition) is 2. The van der Waals surface area contributed by atoms with Crippen molar-refractivity contribution in [3.63, 3.8) is 0 Å². The van der Waals surface area contributed by atoms with Gasteiger partial charge >= 0.3 is 5.97 Å². The molecule has 1 rings (SSSR count). The van der Waals surface area contributed by atoms with E-state index in [-0.39, 0.29) is 6.42 Å². The van der Waals surface area contributed by atoms with E-state index in [0.29, 0.717) is 5.02 Å². The molecule has 0 heterocycles. The van der Waals surface area contributed by atoms with E-state index in [1.54, 1.807) is 6.07 Å². The van der Waals surface area contributed by atoms with Crippen LogP contribution in [-0.2, 0) is 11.2 Å². The van der Waals surface area contributed by atoms with Crippen molar-refractivity contribution in [2.75, 3.05) is 0 Å². The molecule has 0 aliphatic rings. The minimum Gasteiger partial charge on any atom is -0.480 e. The molecule has 0 aliphatic carbocycles. The number of hydrogen-bond donors (Lipinski definition) is 2. The summed E-state index contributed by atoms with van der Waals surface area (Å²) < 4.78 is 0.902. The molecule has 0 aliphatic heterocycles. The van der Waals surface area contributed by atoms with Crippen molar-refractivity contribution >= 4 is 40.2 Å². The Kier molecular flexibility index (Phi) is 4.15. The van der Waals surface area contributed by atoms with Crippen molar-refractivity contribution in [1.82, 2.24) is 0 Å². The summed E-state index contributed by atoms with van der Waals surface area (Å²) in [5, 5.41) is 9.22. The van der Waals surface area contributed by atoms with E-state index in [9.17, 15) is 4.79 Å². The number of carboxylic acids is 1. The molecule has 76 valence electrons. The first kappa shape index (κ1) is 11.7. The van der Waals surface area contributed by atoms with E-state index in [0.717, 1.165) is 9.13 Å². The SMILES string of the molecule is N[C@H](Cc1cccc(I)c1Cl)C(=O)O. The zero-order chi connectivity index (χ0) is 10.7. The molecule has 0 saturated heterocycles. The van der Waals surface area contributed by atoms with Gasteiger partial charge in [0.15, 0.2) is 0 Å². The molecule has 0 aromatic heterocycles. The largest absolute Gasteiger partial charge is 0.480 e. The second-order valence-electron chi connectivity index (χ2n) is 2.86. The molecule has 1 aromatic rings. The second kappa shape index (κ2) is 4.95. The minimum absolute atomic E-state index is 0.255. The molecule has 1 atom stereocenters. The highest BCUT2D eigenvalue weighted by Gasteiger charge is 2.14. The monoisotopic (exact) mass is 325 g/mol. The van der Waals surface area contributed by atoms with Gasteiger partial charge in [0.1, 0.15) is 6.04 Å². The highest BCUT2D eigenvalue weighted by Crippen LogP contribution is 2.23. The van der Waals surface area contributed by atoms with E-state index in [2.05, 4.69) is 22.6 Å². The minimum atomic E-state index is -1.01. The third-order valence-corrected chi connectivity index (χ3v) is 3.45. The number of aliphatic carboxylic acids is 1. The lowest BCUT2D eigenvalue weighted by Gasteiger charge is -2.08. The van der Waals surface area contributed by atoms with Gasteiger partial charge in [0.25, 0.3) is 0 Å². The molecular formula is C9H9ClINO2. The number of carbonyl (C=O) groups is 1. The van der Waals surface area contributed by atoms with Crippen molar-refractivity contribution < 1.29 is 9.90 Å². The second-order valence-corrected chi connectivity index (χ2v) is 4.40. The van der Waals surface area contributed by atoms with Crippen LogP contribution >= 0.6 is 34.2 Å². The fourth-order valence-corrected chi connectivity index (χ4v) is 1.79. The van der Waals surface area contributed by atoms with Gasteiger partial charge in [-0.05, 0) is 40.6 Å². The summed E-state index contributed by atoms with van der Waals surface area (Å²) in [5.74, 6) is -1.01. The van der Waals surface area contributed by atoms with Crippen LogP contribution in [-0.4, -0.2) is 17.1 Å². The maximum atomic E-state index is 10.5. The molecule has 0 spiro atoms. The number of nitrogens with two attached hydrogens (primary N) is 1. The van der Waals surface area contributed by atoms with Crippen LogP contribution in [0.4, 0.5) is 0 Å². The molecular weight excluding hydrogens is 316 g/mol. The van der Waals surface area contributed by atoms with Gasteiger partial charge in [-0.2, -0.15) is 0 Å². The molecule has 0 radical (unpaired) electrons. The van der Waals surface area contributed by atoms with Crippen molar-refractivity contribution in [1.29, 1.82) is 0 Å². The van der Waals surface area contributed by atoms with Gasteiger partial charge in [-0.15, -0.1) is 0 Å². The summed E-state index contributed by atoms with van der Waals surface area (Å²) in [6, 6.07) is 4.58. The van der Waals surface area contributed by atoms with E-state index < -0.39 is 12.0 Å². The van der Waals surface area contributed by atoms with Crippen molar-refractivity contribution in [3.8, 4) is 0 Å². The summed E-state index contributed by atoms with van der Waals surface area (Å²) in [6.45, 7) is 0. The van der Waals surface area contributed by atoms with Gasteiger partial charge in [-0.1, -0.05) is 23.7 Å². The lowest BCUT2D eigenvalue weighted by atomic mass is 10.1. The molecule has 3 N–H and O–H groups in total. The Morgan fingerprint density at radius 1 is 1.64 bits per heavy atom. The van der Waals surface area contributed by atoms with Gasteiger partial charge in [-0.25, -0.2) is 0 Å². The van der Waals surface area contributed by atoms with Crippen LogP contribution in [0, 0.1) is 3.57 Å². The van der Waals surface area contributed by atoms with Crippen LogP contribution in [0.25, 0.3) is 0 Å². The van der Waals surface area contributed by atoms with Gasteiger partial charge in [-0.3, -0.25) is 4.79 Å². The average Bonchev–Trinajstić information content (AvgIpc) is 2.12. The van der Waals surface area contributed by atoms with Gasteiger partial charge in [0, 0.05) is 3.57 Å². The fraction of sp³-hybridized carbons (Fsp3) is 0.222. The highest BCUT2D eigenvalue weighted by molar-refractivity contribution is 14.1. The predicted molar refractivity (Wildman–Crippen MR) is 63.5 cm³/mol. The van der Waals surface area contributed by atoms with Crippen molar-refractivity contribution in [3.05, 3.63) is 32.4 Å². The van der Waals surface area contributed by atoms with Crippen LogP contribution in [0.2, 0.25) is 5.02 Å². The van der Waals surface area contributed by atoms with Crippen LogP contribution in [0.5, 0.6) is 0 Å². The third kappa shape index (κ3) is 2.83.